The van der Waals surface area contributed by atoms with Crippen molar-refractivity contribution in [2.45, 2.75) is 13.2 Å². The van der Waals surface area contributed by atoms with E-state index in [0.717, 1.165) is 12.3 Å². The Morgan fingerprint density at radius 2 is 1.96 bits per heavy atom. The Morgan fingerprint density at radius 1 is 1.20 bits per heavy atom. The quantitative estimate of drug-likeness (QED) is 0.723. The molecule has 0 saturated carbocycles. The van der Waals surface area contributed by atoms with E-state index in [9.17, 15) is 22.8 Å². The van der Waals surface area contributed by atoms with Crippen LogP contribution in [0.3, 0.4) is 0 Å². The Kier molecular flexibility index (Phi) is 4.03. The van der Waals surface area contributed by atoms with Crippen molar-refractivity contribution in [3.63, 3.8) is 0 Å². The van der Waals surface area contributed by atoms with Gasteiger partial charge in [0, 0.05) is 29.4 Å². The third-order valence-corrected chi connectivity index (χ3v) is 3.66. The van der Waals surface area contributed by atoms with E-state index in [-0.39, 0.29) is 21.7 Å². The molecule has 25 heavy (non-hydrogen) atoms. The summed E-state index contributed by atoms with van der Waals surface area (Å²) in [6.07, 6.45) is -2.48. The molecule has 0 unspecified atom stereocenters. The maximum atomic E-state index is 13.5. The van der Waals surface area contributed by atoms with Crippen molar-refractivity contribution in [3.05, 3.63) is 70.3 Å². The summed E-state index contributed by atoms with van der Waals surface area (Å²) in [6, 6.07) is 7.64. The van der Waals surface area contributed by atoms with Gasteiger partial charge in [0.15, 0.2) is 0 Å². The normalized spacial score (nSPS) is 11.5. The van der Waals surface area contributed by atoms with Gasteiger partial charge in [-0.2, -0.15) is 0 Å². The van der Waals surface area contributed by atoms with E-state index < -0.39 is 12.2 Å². The number of benzene rings is 1. The van der Waals surface area contributed by atoms with Crippen molar-refractivity contribution in [2.24, 2.45) is 0 Å². The molecule has 1 aromatic carbocycles. The number of aromatic nitrogens is 2. The van der Waals surface area contributed by atoms with Crippen molar-refractivity contribution >= 4 is 22.5 Å². The summed E-state index contributed by atoms with van der Waals surface area (Å²) in [5.74, 6) is -1.23. The lowest BCUT2D eigenvalue weighted by Gasteiger charge is -2.25. The number of hydrogen-bond donors (Lipinski definition) is 1. The van der Waals surface area contributed by atoms with Crippen LogP contribution < -0.4 is 10.5 Å². The number of carbonyl (C=O) groups excluding carboxylic acids is 1. The molecule has 8 heteroatoms. The number of fused-ring (bicyclic) bond motifs is 1. The maximum absolute atomic E-state index is 13.5. The van der Waals surface area contributed by atoms with E-state index in [1.807, 2.05) is 0 Å². The number of rotatable bonds is 2. The first-order valence-corrected chi connectivity index (χ1v) is 7.22. The summed E-state index contributed by atoms with van der Waals surface area (Å²) < 4.78 is 40.6. The first-order chi connectivity index (χ1) is 11.8. The predicted molar refractivity (Wildman–Crippen MR) is 86.4 cm³/mol. The Morgan fingerprint density at radius 3 is 2.60 bits per heavy atom. The van der Waals surface area contributed by atoms with Crippen LogP contribution in [0.1, 0.15) is 15.9 Å². The van der Waals surface area contributed by atoms with Crippen LogP contribution in [0, 0.1) is 6.92 Å². The number of anilines is 1. The Balaban J connectivity index is 2.16. The molecule has 0 bridgehead atoms. The van der Waals surface area contributed by atoms with Gasteiger partial charge in [0.25, 0.3) is 5.91 Å². The highest BCUT2D eigenvalue weighted by molar-refractivity contribution is 6.07. The summed E-state index contributed by atoms with van der Waals surface area (Å²) in [5.41, 5.74) is 0.0280. The second-order valence-electron chi connectivity index (χ2n) is 5.40. The van der Waals surface area contributed by atoms with E-state index in [0.29, 0.717) is 16.5 Å². The van der Waals surface area contributed by atoms with E-state index in [1.165, 1.54) is 36.5 Å². The first kappa shape index (κ1) is 16.7. The Hall–Kier alpha value is -3.16. The number of aromatic amines is 1. The third-order valence-electron chi connectivity index (χ3n) is 3.66. The topological polar surface area (TPSA) is 66.1 Å². The Labute approximate surface area is 139 Å². The standard InChI is InChI=1S/C17H12F3N3O2/c1-10-7-15(24)22-14-5-4-12(8-13(10)14)23(17(18,19)20)16(25)11-3-2-6-21-9-11/h2-9H,1H3,(H,22,24). The van der Waals surface area contributed by atoms with Gasteiger partial charge in [0.2, 0.25) is 5.56 Å². The first-order valence-electron chi connectivity index (χ1n) is 7.22. The summed E-state index contributed by atoms with van der Waals surface area (Å²) in [5, 5.41) is 0.422. The molecule has 0 aliphatic carbocycles. The van der Waals surface area contributed by atoms with Gasteiger partial charge in [-0.25, -0.2) is 4.90 Å². The van der Waals surface area contributed by atoms with Gasteiger partial charge in [0.05, 0.1) is 11.3 Å². The molecular weight excluding hydrogens is 335 g/mol. The molecule has 0 radical (unpaired) electrons. The molecule has 0 atom stereocenters. The fourth-order valence-electron chi connectivity index (χ4n) is 2.55. The molecule has 2 heterocycles. The van der Waals surface area contributed by atoms with Crippen molar-refractivity contribution in [3.8, 4) is 0 Å². The lowest BCUT2D eigenvalue weighted by atomic mass is 10.1. The van der Waals surface area contributed by atoms with Gasteiger partial charge in [-0.15, -0.1) is 13.2 Å². The summed E-state index contributed by atoms with van der Waals surface area (Å²) >= 11 is 0. The number of halogens is 3. The zero-order chi connectivity index (χ0) is 18.2. The van der Waals surface area contributed by atoms with Crippen LogP contribution in [0.2, 0.25) is 0 Å². The number of pyridine rings is 2. The number of nitrogens with zero attached hydrogens (tertiary/aromatic N) is 2. The fourth-order valence-corrected chi connectivity index (χ4v) is 2.55. The number of nitrogens with one attached hydrogen (secondary N) is 1. The SMILES string of the molecule is Cc1cc(=O)[nH]c2ccc(N(C(=O)c3cccnc3)C(F)(F)F)cc12. The lowest BCUT2D eigenvalue weighted by Crippen LogP contribution is -2.43. The largest absolute Gasteiger partial charge is 0.491 e. The summed E-state index contributed by atoms with van der Waals surface area (Å²) in [7, 11) is 0. The molecule has 1 amide bonds. The number of H-pyrrole nitrogens is 1. The molecule has 0 aliphatic heterocycles. The highest BCUT2D eigenvalue weighted by Crippen LogP contribution is 2.32. The van der Waals surface area contributed by atoms with Gasteiger partial charge < -0.3 is 4.98 Å². The van der Waals surface area contributed by atoms with Crippen LogP contribution in [0.5, 0.6) is 0 Å². The van der Waals surface area contributed by atoms with Gasteiger partial charge in [-0.05, 0) is 42.8 Å². The predicted octanol–water partition coefficient (Wildman–Crippen LogP) is 3.40. The minimum atomic E-state index is -4.92. The summed E-state index contributed by atoms with van der Waals surface area (Å²) in [6.45, 7) is 1.61. The molecule has 0 spiro atoms. The van der Waals surface area contributed by atoms with E-state index >= 15 is 0 Å². The average molecular weight is 347 g/mol. The van der Waals surface area contributed by atoms with Crippen LogP contribution in [-0.2, 0) is 0 Å². The van der Waals surface area contributed by atoms with Gasteiger partial charge in [0.1, 0.15) is 0 Å². The molecule has 1 N–H and O–H groups in total. The molecule has 0 fully saturated rings. The average Bonchev–Trinajstić information content (AvgIpc) is 2.55. The number of aryl methyl sites for hydroxylation is 1. The molecule has 5 nitrogen and oxygen atoms in total. The maximum Gasteiger partial charge on any atom is 0.491 e. The Bertz CT molecular complexity index is 997. The molecular formula is C17H12F3N3O2. The van der Waals surface area contributed by atoms with Crippen molar-refractivity contribution in [1.82, 2.24) is 9.97 Å². The van der Waals surface area contributed by atoms with E-state index in [4.69, 9.17) is 0 Å². The highest BCUT2D eigenvalue weighted by atomic mass is 19.4. The second kappa shape index (κ2) is 6.04. The molecule has 0 aliphatic rings. The monoisotopic (exact) mass is 347 g/mol. The van der Waals surface area contributed by atoms with Crippen LogP contribution >= 0.6 is 0 Å². The number of carbonyl (C=O) groups is 1. The van der Waals surface area contributed by atoms with Gasteiger partial charge >= 0.3 is 6.30 Å². The van der Waals surface area contributed by atoms with E-state index in [1.54, 1.807) is 6.92 Å². The minimum Gasteiger partial charge on any atom is -0.322 e. The molecule has 2 aromatic heterocycles. The van der Waals surface area contributed by atoms with E-state index in [2.05, 4.69) is 9.97 Å². The fraction of sp³-hybridized carbons (Fsp3) is 0.118. The molecule has 3 aromatic rings. The number of hydrogen-bond acceptors (Lipinski definition) is 3. The van der Waals surface area contributed by atoms with Crippen LogP contribution in [0.4, 0.5) is 18.9 Å². The van der Waals surface area contributed by atoms with Gasteiger partial charge in [-0.3, -0.25) is 14.6 Å². The zero-order valence-electron chi connectivity index (χ0n) is 13.0. The van der Waals surface area contributed by atoms with Gasteiger partial charge in [-0.1, -0.05) is 0 Å². The smallest absolute Gasteiger partial charge is 0.322 e. The van der Waals surface area contributed by atoms with Crippen LogP contribution in [-0.4, -0.2) is 22.2 Å². The van der Waals surface area contributed by atoms with Crippen LogP contribution in [0.25, 0.3) is 10.9 Å². The van der Waals surface area contributed by atoms with Crippen LogP contribution in [0.15, 0.2) is 53.6 Å². The van der Waals surface area contributed by atoms with Crippen molar-refractivity contribution in [2.75, 3.05) is 4.90 Å². The van der Waals surface area contributed by atoms with Crippen molar-refractivity contribution < 1.29 is 18.0 Å². The highest BCUT2D eigenvalue weighted by Gasteiger charge is 2.42. The zero-order valence-corrected chi connectivity index (χ0v) is 13.0. The number of amides is 1. The lowest BCUT2D eigenvalue weighted by molar-refractivity contribution is -0.122. The summed E-state index contributed by atoms with van der Waals surface area (Å²) in [4.78, 5) is 29.8. The molecule has 0 saturated heterocycles. The number of alkyl halides is 3. The second-order valence-corrected chi connectivity index (χ2v) is 5.40. The third kappa shape index (κ3) is 3.23. The minimum absolute atomic E-state index is 0.182. The molecule has 128 valence electrons. The van der Waals surface area contributed by atoms with Crippen molar-refractivity contribution in [1.29, 1.82) is 0 Å². The molecule has 3 rings (SSSR count).